The summed E-state index contributed by atoms with van der Waals surface area (Å²) in [6.45, 7) is 0. The van der Waals surface area contributed by atoms with E-state index in [0.29, 0.717) is 10.0 Å². The zero-order valence-electron chi connectivity index (χ0n) is 9.96. The highest BCUT2D eigenvalue weighted by atomic mass is 79.9. The zero-order chi connectivity index (χ0) is 14.0. The van der Waals surface area contributed by atoms with Crippen molar-refractivity contribution in [3.05, 3.63) is 56.2 Å². The van der Waals surface area contributed by atoms with Gasteiger partial charge in [0.2, 0.25) is 0 Å². The molecule has 19 heavy (non-hydrogen) atoms. The third-order valence-electron chi connectivity index (χ3n) is 2.80. The summed E-state index contributed by atoms with van der Waals surface area (Å²) in [7, 11) is 1.73. The molecule has 102 valence electrons. The molecule has 0 spiro atoms. The summed E-state index contributed by atoms with van der Waals surface area (Å²) in [4.78, 5) is 0. The molecule has 1 N–H and O–H groups in total. The third kappa shape index (κ3) is 3.19. The van der Waals surface area contributed by atoms with Gasteiger partial charge in [-0.1, -0.05) is 15.9 Å². The quantitative estimate of drug-likeness (QED) is 0.835. The van der Waals surface area contributed by atoms with E-state index < -0.39 is 11.7 Å². The summed E-state index contributed by atoms with van der Waals surface area (Å²) in [6, 6.07) is 5.34. The van der Waals surface area contributed by atoms with Gasteiger partial charge in [0.15, 0.2) is 0 Å². The minimum Gasteiger partial charge on any atom is -0.309 e. The molecule has 0 amide bonds. The number of nitrogens with one attached hydrogen (secondary N) is 1. The van der Waals surface area contributed by atoms with Crippen molar-refractivity contribution in [1.82, 2.24) is 5.32 Å². The van der Waals surface area contributed by atoms with E-state index in [0.717, 1.165) is 11.6 Å². The minimum atomic E-state index is -4.33. The average Bonchev–Trinajstić information content (AvgIpc) is 2.84. The van der Waals surface area contributed by atoms with Crippen LogP contribution in [0, 0.1) is 0 Å². The van der Waals surface area contributed by atoms with Crippen molar-refractivity contribution < 1.29 is 13.2 Å². The van der Waals surface area contributed by atoms with Crippen molar-refractivity contribution in [2.24, 2.45) is 0 Å². The van der Waals surface area contributed by atoms with Crippen molar-refractivity contribution in [3.63, 3.8) is 0 Å². The molecule has 0 aliphatic rings. The first-order valence-corrected chi connectivity index (χ1v) is 7.23. The number of alkyl halides is 3. The maximum Gasteiger partial charge on any atom is 0.416 e. The predicted molar refractivity (Wildman–Crippen MR) is 74.4 cm³/mol. The number of hydrogen-bond acceptors (Lipinski definition) is 2. The number of halogens is 4. The van der Waals surface area contributed by atoms with Gasteiger partial charge < -0.3 is 5.32 Å². The SMILES string of the molecule is CNC(c1ccsc1)c1cc(C(F)(F)F)ccc1Br. The Morgan fingerprint density at radius 1 is 1.26 bits per heavy atom. The lowest BCUT2D eigenvalue weighted by Crippen LogP contribution is -2.18. The van der Waals surface area contributed by atoms with Gasteiger partial charge in [-0.05, 0) is 53.2 Å². The number of hydrogen-bond donors (Lipinski definition) is 1. The van der Waals surface area contributed by atoms with Crippen LogP contribution in [0.2, 0.25) is 0 Å². The van der Waals surface area contributed by atoms with Crippen LogP contribution < -0.4 is 5.32 Å². The minimum absolute atomic E-state index is 0.261. The Kier molecular flexibility index (Phi) is 4.32. The van der Waals surface area contributed by atoms with Gasteiger partial charge in [-0.25, -0.2) is 0 Å². The summed E-state index contributed by atoms with van der Waals surface area (Å²) >= 11 is 4.84. The maximum absolute atomic E-state index is 12.8. The fourth-order valence-electron chi connectivity index (χ4n) is 1.88. The Hall–Kier alpha value is -0.850. The van der Waals surface area contributed by atoms with Crippen LogP contribution in [0.3, 0.4) is 0 Å². The van der Waals surface area contributed by atoms with Crippen LogP contribution in [0.4, 0.5) is 13.2 Å². The Morgan fingerprint density at radius 2 is 2.00 bits per heavy atom. The van der Waals surface area contributed by atoms with Crippen molar-refractivity contribution in [1.29, 1.82) is 0 Å². The number of thiophene rings is 1. The van der Waals surface area contributed by atoms with E-state index in [1.54, 1.807) is 7.05 Å². The number of benzene rings is 1. The molecule has 2 rings (SSSR count). The van der Waals surface area contributed by atoms with E-state index in [1.807, 2.05) is 16.8 Å². The first kappa shape index (κ1) is 14.6. The molecule has 0 saturated carbocycles. The molecule has 0 bridgehead atoms. The average molecular weight is 350 g/mol. The van der Waals surface area contributed by atoms with Crippen molar-refractivity contribution >= 4 is 27.3 Å². The molecule has 1 atom stereocenters. The largest absolute Gasteiger partial charge is 0.416 e. The highest BCUT2D eigenvalue weighted by Gasteiger charge is 2.31. The van der Waals surface area contributed by atoms with Gasteiger partial charge in [0.25, 0.3) is 0 Å². The second-order valence-electron chi connectivity index (χ2n) is 4.01. The standard InChI is InChI=1S/C13H11BrF3NS/c1-18-12(8-4-5-19-7-8)10-6-9(13(15,16)17)2-3-11(10)14/h2-7,12,18H,1H3. The monoisotopic (exact) mass is 349 g/mol. The van der Waals surface area contributed by atoms with E-state index in [1.165, 1.54) is 23.5 Å². The topological polar surface area (TPSA) is 12.0 Å². The van der Waals surface area contributed by atoms with Gasteiger partial charge in [0.1, 0.15) is 0 Å². The van der Waals surface area contributed by atoms with E-state index in [4.69, 9.17) is 0 Å². The van der Waals surface area contributed by atoms with Gasteiger partial charge in [0, 0.05) is 4.47 Å². The lowest BCUT2D eigenvalue weighted by Gasteiger charge is -2.19. The molecule has 0 saturated heterocycles. The van der Waals surface area contributed by atoms with Crippen LogP contribution in [0.15, 0.2) is 39.5 Å². The summed E-state index contributed by atoms with van der Waals surface area (Å²) in [5.74, 6) is 0. The van der Waals surface area contributed by atoms with Crippen LogP contribution in [0.1, 0.15) is 22.7 Å². The summed E-state index contributed by atoms with van der Waals surface area (Å²) in [6.07, 6.45) is -4.33. The molecule has 1 aromatic carbocycles. The summed E-state index contributed by atoms with van der Waals surface area (Å²) in [5.41, 5.74) is 0.893. The lowest BCUT2D eigenvalue weighted by molar-refractivity contribution is -0.137. The predicted octanol–water partition coefficient (Wildman–Crippen LogP) is 4.84. The molecule has 1 aromatic heterocycles. The molecular weight excluding hydrogens is 339 g/mol. The smallest absolute Gasteiger partial charge is 0.309 e. The van der Waals surface area contributed by atoms with E-state index >= 15 is 0 Å². The van der Waals surface area contributed by atoms with Gasteiger partial charge in [-0.15, -0.1) is 0 Å². The highest BCUT2D eigenvalue weighted by Crippen LogP contribution is 2.35. The molecule has 0 aliphatic heterocycles. The Labute approximate surface area is 121 Å². The molecule has 0 aliphatic carbocycles. The van der Waals surface area contributed by atoms with Gasteiger partial charge >= 0.3 is 6.18 Å². The van der Waals surface area contributed by atoms with E-state index in [9.17, 15) is 13.2 Å². The lowest BCUT2D eigenvalue weighted by atomic mass is 9.99. The van der Waals surface area contributed by atoms with Crippen molar-refractivity contribution in [3.8, 4) is 0 Å². The van der Waals surface area contributed by atoms with Crippen LogP contribution in [0.5, 0.6) is 0 Å². The molecule has 2 aromatic rings. The van der Waals surface area contributed by atoms with Gasteiger partial charge in [-0.2, -0.15) is 24.5 Å². The number of rotatable bonds is 3. The fourth-order valence-corrected chi connectivity index (χ4v) is 3.04. The Morgan fingerprint density at radius 3 is 2.53 bits per heavy atom. The first-order valence-electron chi connectivity index (χ1n) is 5.49. The summed E-state index contributed by atoms with van der Waals surface area (Å²) < 4.78 is 39.0. The van der Waals surface area contributed by atoms with E-state index in [2.05, 4.69) is 21.2 Å². The summed E-state index contributed by atoms with van der Waals surface area (Å²) in [5, 5.41) is 6.88. The highest BCUT2D eigenvalue weighted by molar-refractivity contribution is 9.10. The van der Waals surface area contributed by atoms with Gasteiger partial charge in [0.05, 0.1) is 11.6 Å². The third-order valence-corrected chi connectivity index (χ3v) is 4.22. The van der Waals surface area contributed by atoms with Crippen molar-refractivity contribution in [2.75, 3.05) is 7.05 Å². The maximum atomic E-state index is 12.8. The molecule has 0 fully saturated rings. The molecule has 6 heteroatoms. The van der Waals surface area contributed by atoms with Crippen LogP contribution >= 0.6 is 27.3 Å². The molecule has 1 heterocycles. The van der Waals surface area contributed by atoms with Gasteiger partial charge in [-0.3, -0.25) is 0 Å². The van der Waals surface area contributed by atoms with Crippen molar-refractivity contribution in [2.45, 2.75) is 12.2 Å². The second kappa shape index (κ2) is 5.64. The Balaban J connectivity index is 2.48. The molecular formula is C13H11BrF3NS. The first-order chi connectivity index (χ1) is 8.93. The van der Waals surface area contributed by atoms with E-state index in [-0.39, 0.29) is 6.04 Å². The zero-order valence-corrected chi connectivity index (χ0v) is 12.4. The van der Waals surface area contributed by atoms with Crippen LogP contribution in [0.25, 0.3) is 0 Å². The normalized spacial score (nSPS) is 13.5. The Bertz CT molecular complexity index is 552. The molecule has 0 radical (unpaired) electrons. The fraction of sp³-hybridized carbons (Fsp3) is 0.231. The van der Waals surface area contributed by atoms with Crippen LogP contribution in [-0.2, 0) is 6.18 Å². The van der Waals surface area contributed by atoms with Crippen LogP contribution in [-0.4, -0.2) is 7.05 Å². The molecule has 1 nitrogen and oxygen atoms in total. The second-order valence-corrected chi connectivity index (χ2v) is 5.65. The molecule has 1 unspecified atom stereocenters.